The van der Waals surface area contributed by atoms with Crippen molar-refractivity contribution in [2.45, 2.75) is 31.4 Å². The molecule has 0 bridgehead atoms. The van der Waals surface area contributed by atoms with Crippen molar-refractivity contribution in [2.75, 3.05) is 50.8 Å². The fourth-order valence-corrected chi connectivity index (χ4v) is 4.35. The van der Waals surface area contributed by atoms with Gasteiger partial charge in [0.05, 0.1) is 0 Å². The predicted octanol–water partition coefficient (Wildman–Crippen LogP) is 2.71. The summed E-state index contributed by atoms with van der Waals surface area (Å²) >= 11 is 1.95. The summed E-state index contributed by atoms with van der Waals surface area (Å²) in [6, 6.07) is 7.69. The maximum absolute atomic E-state index is 13.3. The van der Waals surface area contributed by atoms with Crippen LogP contribution < -0.4 is 4.74 Å². The summed E-state index contributed by atoms with van der Waals surface area (Å²) in [5.41, 5.74) is 0.985. The topological polar surface area (TPSA) is 35.9 Å². The second-order valence-corrected chi connectivity index (χ2v) is 8.34. The summed E-state index contributed by atoms with van der Waals surface area (Å²) in [5, 5.41) is 10.3. The fraction of sp³-hybridized carbons (Fsp3) is 0.684. The number of ether oxygens (including phenoxy) is 1. The molecule has 4 nitrogen and oxygen atoms in total. The molecule has 0 aromatic heterocycles. The van der Waals surface area contributed by atoms with Crippen LogP contribution in [0.2, 0.25) is 0 Å². The molecule has 146 valence electrons. The number of rotatable bonds is 7. The lowest BCUT2D eigenvalue weighted by Gasteiger charge is -2.32. The van der Waals surface area contributed by atoms with Gasteiger partial charge < -0.3 is 9.84 Å². The normalized spacial score (nSPS) is 22.9. The van der Waals surface area contributed by atoms with E-state index >= 15 is 0 Å². The number of benzene rings is 1. The number of β-amino-alcohol motifs (C(OH)–C–C–N with tert-alkyl or cyclic N) is 1. The third kappa shape index (κ3) is 6.08. The van der Waals surface area contributed by atoms with E-state index < -0.39 is 12.0 Å². The molecule has 2 aliphatic rings. The number of likely N-dealkylation sites (tertiary alicyclic amines) is 1. The Bertz CT molecular complexity index is 560. The Morgan fingerprint density at radius 2 is 1.77 bits per heavy atom. The number of piperidine rings is 1. The third-order valence-corrected chi connectivity index (χ3v) is 5.90. The lowest BCUT2D eigenvalue weighted by Crippen LogP contribution is -2.40. The highest BCUT2D eigenvalue weighted by Crippen LogP contribution is 2.29. The molecule has 2 aliphatic heterocycles. The van der Waals surface area contributed by atoms with E-state index in [1.165, 1.54) is 0 Å². The molecule has 1 N–H and O–H groups in total. The van der Waals surface area contributed by atoms with Crippen LogP contribution in [0.5, 0.6) is 5.75 Å². The summed E-state index contributed by atoms with van der Waals surface area (Å²) in [6.45, 7) is 4.30. The Labute approximate surface area is 158 Å². The van der Waals surface area contributed by atoms with Crippen molar-refractivity contribution >= 4 is 11.8 Å². The Morgan fingerprint density at radius 3 is 2.50 bits per heavy atom. The molecule has 1 aromatic carbocycles. The van der Waals surface area contributed by atoms with Crippen molar-refractivity contribution in [1.82, 2.24) is 9.80 Å². The summed E-state index contributed by atoms with van der Waals surface area (Å²) < 4.78 is 32.5. The molecule has 0 saturated carbocycles. The average Bonchev–Trinajstić information content (AvgIpc) is 2.63. The number of hydrogen-bond acceptors (Lipinski definition) is 5. The van der Waals surface area contributed by atoms with E-state index in [0.29, 0.717) is 26.2 Å². The van der Waals surface area contributed by atoms with Crippen LogP contribution in [0, 0.1) is 0 Å². The van der Waals surface area contributed by atoms with Crippen LogP contribution in [-0.2, 0) is 6.54 Å². The van der Waals surface area contributed by atoms with Crippen molar-refractivity contribution < 1.29 is 18.6 Å². The first-order valence-electron chi connectivity index (χ1n) is 9.31. The Hall–Kier alpha value is -0.890. The summed E-state index contributed by atoms with van der Waals surface area (Å²) in [4.78, 5) is 4.31. The monoisotopic (exact) mass is 386 g/mol. The molecule has 1 aromatic rings. The number of aliphatic hydroxyl groups is 1. The molecule has 26 heavy (non-hydrogen) atoms. The number of aliphatic hydroxyl groups excluding tert-OH is 1. The molecule has 2 saturated heterocycles. The molecule has 3 rings (SSSR count). The Morgan fingerprint density at radius 1 is 1.08 bits per heavy atom. The van der Waals surface area contributed by atoms with Crippen molar-refractivity contribution in [3.63, 3.8) is 0 Å². The molecule has 2 fully saturated rings. The van der Waals surface area contributed by atoms with E-state index in [4.69, 9.17) is 4.74 Å². The van der Waals surface area contributed by atoms with Crippen LogP contribution in [0.4, 0.5) is 8.78 Å². The zero-order valence-corrected chi connectivity index (χ0v) is 15.9. The highest BCUT2D eigenvalue weighted by atomic mass is 32.2. The number of thioether (sulfide) groups is 1. The molecule has 0 unspecified atom stereocenters. The summed E-state index contributed by atoms with van der Waals surface area (Å²) in [7, 11) is 0. The van der Waals surface area contributed by atoms with E-state index in [-0.39, 0.29) is 19.4 Å². The first-order chi connectivity index (χ1) is 12.5. The summed E-state index contributed by atoms with van der Waals surface area (Å²) in [6.07, 6.45) is -0.689. The van der Waals surface area contributed by atoms with Crippen LogP contribution in [0.25, 0.3) is 0 Å². The van der Waals surface area contributed by atoms with Gasteiger partial charge in [0.15, 0.2) is 0 Å². The standard InChI is InChI=1S/C19H28F2N2O2S/c20-19(21)5-7-22(8-6-19)13-16-3-1-2-4-18(16)25-15-17(24)14-23-9-11-26-12-10-23/h1-4,17,24H,5-15H2/t17-/m0/s1. The minimum Gasteiger partial charge on any atom is -0.491 e. The van der Waals surface area contributed by atoms with Crippen molar-refractivity contribution in [2.24, 2.45) is 0 Å². The Balaban J connectivity index is 1.49. The average molecular weight is 387 g/mol. The van der Waals surface area contributed by atoms with Gasteiger partial charge in [-0.05, 0) is 6.07 Å². The van der Waals surface area contributed by atoms with Gasteiger partial charge in [0.2, 0.25) is 0 Å². The van der Waals surface area contributed by atoms with Crippen LogP contribution >= 0.6 is 11.8 Å². The number of hydrogen-bond donors (Lipinski definition) is 1. The molecule has 2 heterocycles. The van der Waals surface area contributed by atoms with Crippen molar-refractivity contribution in [3.8, 4) is 5.75 Å². The van der Waals surface area contributed by atoms with E-state index in [9.17, 15) is 13.9 Å². The van der Waals surface area contributed by atoms with E-state index in [1.807, 2.05) is 40.9 Å². The number of para-hydroxylation sites is 1. The minimum atomic E-state index is -2.52. The predicted molar refractivity (Wildman–Crippen MR) is 101 cm³/mol. The van der Waals surface area contributed by atoms with Gasteiger partial charge >= 0.3 is 0 Å². The number of halogens is 2. The molecule has 0 spiro atoms. The molecular formula is C19H28F2N2O2S. The SMILES string of the molecule is O[C@H](COc1ccccc1CN1CCC(F)(F)CC1)CN1CCSCC1. The van der Waals surface area contributed by atoms with Crippen LogP contribution in [-0.4, -0.2) is 77.8 Å². The third-order valence-electron chi connectivity index (χ3n) is 4.96. The number of alkyl halides is 2. The Kier molecular flexibility index (Phi) is 7.14. The van der Waals surface area contributed by atoms with Gasteiger partial charge in [-0.2, -0.15) is 11.8 Å². The van der Waals surface area contributed by atoms with Gasteiger partial charge in [0.1, 0.15) is 18.5 Å². The smallest absolute Gasteiger partial charge is 0.250 e. The van der Waals surface area contributed by atoms with E-state index in [1.54, 1.807) is 0 Å². The van der Waals surface area contributed by atoms with Crippen molar-refractivity contribution in [1.29, 1.82) is 0 Å². The molecular weight excluding hydrogens is 358 g/mol. The zero-order chi connectivity index (χ0) is 18.4. The van der Waals surface area contributed by atoms with Gasteiger partial charge in [0, 0.05) is 69.2 Å². The second-order valence-electron chi connectivity index (χ2n) is 7.12. The largest absolute Gasteiger partial charge is 0.491 e. The number of nitrogens with zero attached hydrogens (tertiary/aromatic N) is 2. The lowest BCUT2D eigenvalue weighted by atomic mass is 10.1. The van der Waals surface area contributed by atoms with Crippen molar-refractivity contribution in [3.05, 3.63) is 29.8 Å². The molecule has 7 heteroatoms. The van der Waals surface area contributed by atoms with Crippen LogP contribution in [0.15, 0.2) is 24.3 Å². The van der Waals surface area contributed by atoms with Gasteiger partial charge in [-0.15, -0.1) is 0 Å². The van der Waals surface area contributed by atoms with Gasteiger partial charge in [-0.3, -0.25) is 9.80 Å². The second kappa shape index (κ2) is 9.35. The van der Waals surface area contributed by atoms with E-state index in [2.05, 4.69) is 4.90 Å². The molecule has 0 amide bonds. The minimum absolute atomic E-state index is 0.0805. The molecule has 0 radical (unpaired) electrons. The maximum Gasteiger partial charge on any atom is 0.250 e. The zero-order valence-electron chi connectivity index (χ0n) is 15.1. The molecule has 0 aliphatic carbocycles. The molecule has 1 atom stereocenters. The fourth-order valence-electron chi connectivity index (χ4n) is 3.37. The van der Waals surface area contributed by atoms with E-state index in [0.717, 1.165) is 35.9 Å². The van der Waals surface area contributed by atoms with Crippen LogP contribution in [0.3, 0.4) is 0 Å². The highest BCUT2D eigenvalue weighted by molar-refractivity contribution is 7.99. The van der Waals surface area contributed by atoms with Crippen LogP contribution in [0.1, 0.15) is 18.4 Å². The van der Waals surface area contributed by atoms with Gasteiger partial charge in [-0.25, -0.2) is 8.78 Å². The quantitative estimate of drug-likeness (QED) is 0.780. The maximum atomic E-state index is 13.3. The van der Waals surface area contributed by atoms with Gasteiger partial charge in [-0.1, -0.05) is 18.2 Å². The summed E-state index contributed by atoms with van der Waals surface area (Å²) in [5.74, 6) is 0.443. The first kappa shape index (κ1) is 19.9. The van der Waals surface area contributed by atoms with Gasteiger partial charge in [0.25, 0.3) is 5.92 Å². The highest BCUT2D eigenvalue weighted by Gasteiger charge is 2.34. The first-order valence-corrected chi connectivity index (χ1v) is 10.5. The lowest BCUT2D eigenvalue weighted by molar-refractivity contribution is -0.0567.